The molecule has 2 aromatic carbocycles. The quantitative estimate of drug-likeness (QED) is 0.696. The van der Waals surface area contributed by atoms with Gasteiger partial charge in [-0.15, -0.1) is 0 Å². The fraction of sp³-hybridized carbons (Fsp3) is 0.458. The molecule has 1 saturated heterocycles. The largest absolute Gasteiger partial charge is 0.449 e. The summed E-state index contributed by atoms with van der Waals surface area (Å²) in [5, 5.41) is 0. The van der Waals surface area contributed by atoms with Crippen molar-refractivity contribution >= 4 is 21.6 Å². The Kier molecular flexibility index (Phi) is 6.23. The average Bonchev–Trinajstić information content (AvgIpc) is 3.21. The van der Waals surface area contributed by atoms with E-state index in [2.05, 4.69) is 4.90 Å². The number of likely N-dealkylation sites (tertiary alicyclic amines) is 1. The Hall–Kier alpha value is -2.54. The number of rotatable bonds is 5. The number of carbonyl (C=O) groups is 1. The lowest BCUT2D eigenvalue weighted by atomic mass is 10.0. The third-order valence-corrected chi connectivity index (χ3v) is 7.82. The van der Waals surface area contributed by atoms with E-state index in [9.17, 15) is 13.2 Å². The number of hydrogen-bond donors (Lipinski definition) is 0. The van der Waals surface area contributed by atoms with Crippen molar-refractivity contribution < 1.29 is 17.9 Å². The second-order valence-corrected chi connectivity index (χ2v) is 10.7. The van der Waals surface area contributed by atoms with Gasteiger partial charge in [0.15, 0.2) is 0 Å². The number of amides is 1. The van der Waals surface area contributed by atoms with E-state index in [4.69, 9.17) is 4.74 Å². The summed E-state index contributed by atoms with van der Waals surface area (Å²) < 4.78 is 31.3. The highest BCUT2D eigenvalue weighted by atomic mass is 32.2. The highest BCUT2D eigenvalue weighted by Gasteiger charge is 2.32. The van der Waals surface area contributed by atoms with Gasteiger partial charge in [0.1, 0.15) is 0 Å². The molecule has 6 nitrogen and oxygen atoms in total. The predicted octanol–water partition coefficient (Wildman–Crippen LogP) is 4.14. The van der Waals surface area contributed by atoms with Gasteiger partial charge in [0, 0.05) is 31.4 Å². The second-order valence-electron chi connectivity index (χ2n) is 8.74. The van der Waals surface area contributed by atoms with Crippen LogP contribution in [0.1, 0.15) is 32.3 Å². The smallest absolute Gasteiger partial charge is 0.409 e. The van der Waals surface area contributed by atoms with Crippen molar-refractivity contribution in [2.24, 2.45) is 5.92 Å². The first-order chi connectivity index (χ1) is 14.9. The van der Waals surface area contributed by atoms with Gasteiger partial charge in [0.05, 0.1) is 16.4 Å². The van der Waals surface area contributed by atoms with Crippen molar-refractivity contribution in [3.05, 3.63) is 54.1 Å². The maximum Gasteiger partial charge on any atom is 0.409 e. The molecule has 7 heteroatoms. The lowest BCUT2D eigenvalue weighted by molar-refractivity contribution is 0.0833. The normalized spacial score (nSPS) is 17.1. The molecule has 0 radical (unpaired) electrons. The zero-order valence-electron chi connectivity index (χ0n) is 18.2. The molecule has 2 heterocycles. The third kappa shape index (κ3) is 4.56. The minimum Gasteiger partial charge on any atom is -0.449 e. The Labute approximate surface area is 184 Å². The van der Waals surface area contributed by atoms with E-state index in [0.29, 0.717) is 41.4 Å². The van der Waals surface area contributed by atoms with Gasteiger partial charge >= 0.3 is 6.09 Å². The average molecular weight is 443 g/mol. The molecule has 2 aliphatic rings. The lowest BCUT2D eigenvalue weighted by Crippen LogP contribution is -2.46. The number of anilines is 1. The zero-order chi connectivity index (χ0) is 22.0. The molecule has 2 aromatic rings. The Morgan fingerprint density at radius 1 is 1.03 bits per heavy atom. The van der Waals surface area contributed by atoms with Crippen LogP contribution in [-0.2, 0) is 21.0 Å². The molecule has 0 unspecified atom stereocenters. The van der Waals surface area contributed by atoms with Crippen molar-refractivity contribution in [1.29, 1.82) is 0 Å². The first kappa shape index (κ1) is 21.7. The van der Waals surface area contributed by atoms with Crippen molar-refractivity contribution in [2.45, 2.75) is 48.9 Å². The molecule has 0 atom stereocenters. The van der Waals surface area contributed by atoms with Crippen molar-refractivity contribution in [1.82, 2.24) is 4.90 Å². The van der Waals surface area contributed by atoms with Crippen LogP contribution < -0.4 is 4.90 Å². The van der Waals surface area contributed by atoms with Crippen molar-refractivity contribution in [2.75, 3.05) is 31.1 Å². The van der Waals surface area contributed by atoms with Crippen LogP contribution in [0.15, 0.2) is 58.3 Å². The lowest BCUT2D eigenvalue weighted by Gasteiger charge is -2.37. The van der Waals surface area contributed by atoms with Crippen molar-refractivity contribution in [3.8, 4) is 0 Å². The minimum atomic E-state index is -3.51. The number of ether oxygens (including phenoxy) is 1. The highest BCUT2D eigenvalue weighted by molar-refractivity contribution is 7.91. The third-order valence-electron chi connectivity index (χ3n) is 6.05. The van der Waals surface area contributed by atoms with Crippen LogP contribution in [0.5, 0.6) is 0 Å². The summed E-state index contributed by atoms with van der Waals surface area (Å²) in [6.07, 6.45) is 2.40. The summed E-state index contributed by atoms with van der Waals surface area (Å²) in [6, 6.07) is 14.4. The predicted molar refractivity (Wildman–Crippen MR) is 120 cm³/mol. The van der Waals surface area contributed by atoms with E-state index in [-0.39, 0.29) is 6.09 Å². The summed E-state index contributed by atoms with van der Waals surface area (Å²) in [7, 11) is -3.51. The molecular weight excluding hydrogens is 412 g/mol. The minimum absolute atomic E-state index is 0.218. The molecule has 0 bridgehead atoms. The number of piperidine rings is 1. The van der Waals surface area contributed by atoms with E-state index >= 15 is 0 Å². The molecule has 1 amide bonds. The molecule has 0 aromatic heterocycles. The molecular formula is C24H30N2O4S. The molecule has 166 valence electrons. The van der Waals surface area contributed by atoms with E-state index in [1.54, 1.807) is 35.2 Å². The standard InChI is InChI=1S/C24H30N2O4S/c1-18(2)17-30-24(27)25-13-11-20(12-14-25)26-15-10-19-16-22(8-9-23(19)26)31(28,29)21-6-4-3-5-7-21/h3-9,16,18,20H,10-15,17H2,1-2H3. The number of carbonyl (C=O) groups excluding carboxylic acids is 1. The maximum absolute atomic E-state index is 12.9. The molecule has 1 fully saturated rings. The molecule has 2 aliphatic heterocycles. The molecule has 0 aliphatic carbocycles. The number of fused-ring (bicyclic) bond motifs is 1. The van der Waals surface area contributed by atoms with Gasteiger partial charge in [-0.1, -0.05) is 32.0 Å². The number of sulfone groups is 1. The first-order valence-electron chi connectivity index (χ1n) is 11.0. The fourth-order valence-electron chi connectivity index (χ4n) is 4.38. The summed E-state index contributed by atoms with van der Waals surface area (Å²) in [5.74, 6) is 0.332. The monoisotopic (exact) mass is 442 g/mol. The van der Waals surface area contributed by atoms with Gasteiger partial charge in [0.25, 0.3) is 0 Å². The van der Waals surface area contributed by atoms with Crippen LogP contribution in [0.3, 0.4) is 0 Å². The molecule has 0 N–H and O–H groups in total. The summed E-state index contributed by atoms with van der Waals surface area (Å²) in [5.41, 5.74) is 2.20. The van der Waals surface area contributed by atoms with Crippen LogP contribution in [-0.4, -0.2) is 51.7 Å². The zero-order valence-corrected chi connectivity index (χ0v) is 19.0. The summed E-state index contributed by atoms with van der Waals surface area (Å²) in [6.45, 7) is 6.77. The summed E-state index contributed by atoms with van der Waals surface area (Å²) in [4.78, 5) is 17.1. The molecule has 31 heavy (non-hydrogen) atoms. The Balaban J connectivity index is 1.43. The van der Waals surface area contributed by atoms with Crippen molar-refractivity contribution in [3.63, 3.8) is 0 Å². The van der Waals surface area contributed by atoms with E-state index in [1.807, 2.05) is 32.0 Å². The van der Waals surface area contributed by atoms with E-state index in [0.717, 1.165) is 37.1 Å². The number of hydrogen-bond acceptors (Lipinski definition) is 5. The van der Waals surface area contributed by atoms with Crippen LogP contribution in [0, 0.1) is 5.92 Å². The highest BCUT2D eigenvalue weighted by Crippen LogP contribution is 2.35. The fourth-order valence-corrected chi connectivity index (χ4v) is 5.71. The van der Waals surface area contributed by atoms with Gasteiger partial charge in [-0.25, -0.2) is 13.2 Å². The van der Waals surface area contributed by atoms with Crippen LogP contribution in [0.25, 0.3) is 0 Å². The first-order valence-corrected chi connectivity index (χ1v) is 12.5. The number of benzene rings is 2. The Morgan fingerprint density at radius 2 is 1.74 bits per heavy atom. The van der Waals surface area contributed by atoms with Crippen LogP contribution in [0.2, 0.25) is 0 Å². The van der Waals surface area contributed by atoms with Crippen LogP contribution in [0.4, 0.5) is 10.5 Å². The van der Waals surface area contributed by atoms with Gasteiger partial charge in [-0.2, -0.15) is 0 Å². The number of nitrogens with zero attached hydrogens (tertiary/aromatic N) is 2. The van der Waals surface area contributed by atoms with E-state index < -0.39 is 9.84 Å². The molecule has 4 rings (SSSR count). The SMILES string of the molecule is CC(C)COC(=O)N1CCC(N2CCc3cc(S(=O)(=O)c4ccccc4)ccc32)CC1. The van der Waals surface area contributed by atoms with Gasteiger partial charge in [-0.3, -0.25) is 0 Å². The maximum atomic E-state index is 12.9. The van der Waals surface area contributed by atoms with Gasteiger partial charge in [-0.05, 0) is 61.1 Å². The Morgan fingerprint density at radius 3 is 2.42 bits per heavy atom. The van der Waals surface area contributed by atoms with Crippen LogP contribution >= 0.6 is 0 Å². The molecule has 0 spiro atoms. The molecule has 0 saturated carbocycles. The second kappa shape index (κ2) is 8.91. The van der Waals surface area contributed by atoms with Gasteiger partial charge < -0.3 is 14.5 Å². The topological polar surface area (TPSA) is 66.9 Å². The summed E-state index contributed by atoms with van der Waals surface area (Å²) >= 11 is 0. The Bertz CT molecular complexity index is 1030. The van der Waals surface area contributed by atoms with Gasteiger partial charge in [0.2, 0.25) is 9.84 Å². The van der Waals surface area contributed by atoms with E-state index in [1.165, 1.54) is 0 Å².